The quantitative estimate of drug-likeness (QED) is 0.742. The summed E-state index contributed by atoms with van der Waals surface area (Å²) in [6.45, 7) is 1.04. The van der Waals surface area contributed by atoms with Crippen molar-refractivity contribution in [1.29, 1.82) is 0 Å². The molecule has 2 aromatic rings. The molecule has 6 nitrogen and oxygen atoms in total. The van der Waals surface area contributed by atoms with Crippen LogP contribution in [0.5, 0.6) is 0 Å². The Morgan fingerprint density at radius 1 is 1.04 bits per heavy atom. The Hall–Kier alpha value is -2.36. The van der Waals surface area contributed by atoms with Crippen molar-refractivity contribution in [3.05, 3.63) is 59.9 Å². The number of amides is 1. The molecule has 28 heavy (non-hydrogen) atoms. The van der Waals surface area contributed by atoms with Crippen LogP contribution < -0.4 is 10.6 Å². The minimum Gasteiger partial charge on any atom is -0.332 e. The maximum atomic E-state index is 12.9. The fraction of sp³-hybridized carbons (Fsp3) is 0.263. The van der Waals surface area contributed by atoms with E-state index in [-0.39, 0.29) is 15.6 Å². The van der Waals surface area contributed by atoms with E-state index in [1.54, 1.807) is 12.1 Å². The number of hydrogen-bond acceptors (Lipinski definition) is 4. The van der Waals surface area contributed by atoms with Crippen molar-refractivity contribution in [2.75, 3.05) is 18.4 Å². The first-order valence-corrected chi connectivity index (χ1v) is 10.7. The van der Waals surface area contributed by atoms with Crippen LogP contribution in [0.1, 0.15) is 29.6 Å². The molecular formula is C19H20FN3O3S2. The van der Waals surface area contributed by atoms with Gasteiger partial charge in [-0.3, -0.25) is 10.1 Å². The van der Waals surface area contributed by atoms with Crippen LogP contribution in [0, 0.1) is 5.82 Å². The summed E-state index contributed by atoms with van der Waals surface area (Å²) >= 11 is 5.12. The van der Waals surface area contributed by atoms with Crippen LogP contribution >= 0.6 is 12.2 Å². The standard InChI is InChI=1S/C19H20FN3O3S2/c20-15-9-7-14(8-10-15)18(24)22-19(27)21-16-5-4-6-17(13-16)28(25,26)23-11-2-1-3-12-23/h4-10,13H,1-3,11-12H2,(H2,21,22,24,27). The number of sulfonamides is 1. The predicted octanol–water partition coefficient (Wildman–Crippen LogP) is 3.13. The van der Waals surface area contributed by atoms with Gasteiger partial charge in [0.15, 0.2) is 5.11 Å². The normalized spacial score (nSPS) is 15.0. The highest BCUT2D eigenvalue weighted by molar-refractivity contribution is 7.89. The van der Waals surface area contributed by atoms with Gasteiger partial charge in [0.05, 0.1) is 4.90 Å². The van der Waals surface area contributed by atoms with Gasteiger partial charge in [0.1, 0.15) is 5.82 Å². The van der Waals surface area contributed by atoms with Crippen LogP contribution in [0.4, 0.5) is 10.1 Å². The number of benzene rings is 2. The van der Waals surface area contributed by atoms with Crippen LogP contribution in [0.2, 0.25) is 0 Å². The molecule has 1 fully saturated rings. The van der Waals surface area contributed by atoms with E-state index in [9.17, 15) is 17.6 Å². The maximum Gasteiger partial charge on any atom is 0.257 e. The fourth-order valence-electron chi connectivity index (χ4n) is 2.93. The Balaban J connectivity index is 1.67. The summed E-state index contributed by atoms with van der Waals surface area (Å²) in [5.74, 6) is -0.932. The summed E-state index contributed by atoms with van der Waals surface area (Å²) < 4.78 is 40.0. The van der Waals surface area contributed by atoms with Crippen molar-refractivity contribution in [2.45, 2.75) is 24.2 Å². The van der Waals surface area contributed by atoms with Crippen molar-refractivity contribution in [1.82, 2.24) is 9.62 Å². The molecule has 2 aromatic carbocycles. The van der Waals surface area contributed by atoms with Gasteiger partial charge in [-0.25, -0.2) is 12.8 Å². The van der Waals surface area contributed by atoms with Crippen LogP contribution in [-0.4, -0.2) is 36.8 Å². The molecule has 1 aliphatic rings. The molecule has 0 saturated carbocycles. The number of anilines is 1. The van der Waals surface area contributed by atoms with Gasteiger partial charge in [-0.15, -0.1) is 0 Å². The van der Waals surface area contributed by atoms with Crippen LogP contribution in [-0.2, 0) is 10.0 Å². The van der Waals surface area contributed by atoms with Gasteiger partial charge in [-0.2, -0.15) is 4.31 Å². The number of carbonyl (C=O) groups is 1. The molecule has 0 atom stereocenters. The molecule has 0 spiro atoms. The number of carbonyl (C=O) groups excluding carboxylic acids is 1. The molecule has 0 aromatic heterocycles. The molecule has 1 heterocycles. The van der Waals surface area contributed by atoms with Gasteiger partial charge in [-0.05, 0) is 67.5 Å². The molecule has 9 heteroatoms. The Bertz CT molecular complexity index is 972. The first kappa shape index (κ1) is 20.4. The lowest BCUT2D eigenvalue weighted by atomic mass is 10.2. The Morgan fingerprint density at radius 2 is 1.71 bits per heavy atom. The molecule has 0 aliphatic carbocycles. The molecule has 148 valence electrons. The second kappa shape index (κ2) is 8.76. The van der Waals surface area contributed by atoms with Gasteiger partial charge in [0, 0.05) is 24.3 Å². The lowest BCUT2D eigenvalue weighted by Gasteiger charge is -2.26. The number of nitrogens with zero attached hydrogens (tertiary/aromatic N) is 1. The number of nitrogens with one attached hydrogen (secondary N) is 2. The third-order valence-electron chi connectivity index (χ3n) is 4.38. The van der Waals surface area contributed by atoms with Crippen LogP contribution in [0.25, 0.3) is 0 Å². The van der Waals surface area contributed by atoms with E-state index < -0.39 is 21.7 Å². The zero-order valence-corrected chi connectivity index (χ0v) is 16.7. The van der Waals surface area contributed by atoms with E-state index in [2.05, 4.69) is 10.6 Å². The zero-order chi connectivity index (χ0) is 20.1. The first-order chi connectivity index (χ1) is 13.4. The van der Waals surface area contributed by atoms with E-state index in [0.29, 0.717) is 18.8 Å². The smallest absolute Gasteiger partial charge is 0.257 e. The second-order valence-electron chi connectivity index (χ2n) is 6.41. The molecule has 1 amide bonds. The van der Waals surface area contributed by atoms with E-state index in [4.69, 9.17) is 12.2 Å². The highest BCUT2D eigenvalue weighted by atomic mass is 32.2. The first-order valence-electron chi connectivity index (χ1n) is 8.84. The zero-order valence-electron chi connectivity index (χ0n) is 15.0. The molecule has 0 unspecified atom stereocenters. The number of halogens is 1. The third-order valence-corrected chi connectivity index (χ3v) is 6.48. The van der Waals surface area contributed by atoms with E-state index >= 15 is 0 Å². The summed E-state index contributed by atoms with van der Waals surface area (Å²) in [6.07, 6.45) is 2.75. The molecule has 0 radical (unpaired) electrons. The van der Waals surface area contributed by atoms with E-state index in [0.717, 1.165) is 19.3 Å². The van der Waals surface area contributed by atoms with Crippen LogP contribution in [0.3, 0.4) is 0 Å². The topological polar surface area (TPSA) is 78.5 Å². The summed E-state index contributed by atoms with van der Waals surface area (Å²) in [5, 5.41) is 5.31. The Morgan fingerprint density at radius 3 is 2.39 bits per heavy atom. The monoisotopic (exact) mass is 421 g/mol. The Kier molecular flexibility index (Phi) is 6.38. The van der Waals surface area contributed by atoms with Gasteiger partial charge >= 0.3 is 0 Å². The third kappa shape index (κ3) is 4.92. The van der Waals surface area contributed by atoms with Gasteiger partial charge in [0.2, 0.25) is 10.0 Å². The molecule has 2 N–H and O–H groups in total. The molecule has 1 saturated heterocycles. The second-order valence-corrected chi connectivity index (χ2v) is 8.75. The number of thiocarbonyl (C=S) groups is 1. The minimum atomic E-state index is -3.56. The van der Waals surface area contributed by atoms with Crippen LogP contribution in [0.15, 0.2) is 53.4 Å². The van der Waals surface area contributed by atoms with Crippen molar-refractivity contribution < 1.29 is 17.6 Å². The predicted molar refractivity (Wildman–Crippen MR) is 109 cm³/mol. The molecule has 1 aliphatic heterocycles. The van der Waals surface area contributed by atoms with Crippen molar-refractivity contribution in [2.24, 2.45) is 0 Å². The largest absolute Gasteiger partial charge is 0.332 e. The van der Waals surface area contributed by atoms with Crippen molar-refractivity contribution >= 4 is 38.9 Å². The summed E-state index contributed by atoms with van der Waals surface area (Å²) in [5.41, 5.74) is 0.703. The van der Waals surface area contributed by atoms with Gasteiger partial charge in [-0.1, -0.05) is 12.5 Å². The SMILES string of the molecule is O=C(NC(=S)Nc1cccc(S(=O)(=O)N2CCCCC2)c1)c1ccc(F)cc1. The molecule has 0 bridgehead atoms. The average Bonchev–Trinajstić information content (AvgIpc) is 2.69. The number of hydrogen-bond donors (Lipinski definition) is 2. The summed E-state index contributed by atoms with van der Waals surface area (Å²) in [7, 11) is -3.56. The van der Waals surface area contributed by atoms with Crippen molar-refractivity contribution in [3.63, 3.8) is 0 Å². The van der Waals surface area contributed by atoms with Gasteiger partial charge < -0.3 is 5.32 Å². The van der Waals surface area contributed by atoms with E-state index in [1.807, 2.05) is 0 Å². The highest BCUT2D eigenvalue weighted by Gasteiger charge is 2.26. The summed E-state index contributed by atoms with van der Waals surface area (Å²) in [6, 6.07) is 11.4. The summed E-state index contributed by atoms with van der Waals surface area (Å²) in [4.78, 5) is 12.3. The number of rotatable bonds is 4. The van der Waals surface area contributed by atoms with Crippen molar-refractivity contribution in [3.8, 4) is 0 Å². The average molecular weight is 422 g/mol. The fourth-order valence-corrected chi connectivity index (χ4v) is 4.70. The number of piperidine rings is 1. The lowest BCUT2D eigenvalue weighted by molar-refractivity contribution is 0.0977. The maximum absolute atomic E-state index is 12.9. The molecule has 3 rings (SSSR count). The highest BCUT2D eigenvalue weighted by Crippen LogP contribution is 2.22. The van der Waals surface area contributed by atoms with Gasteiger partial charge in [0.25, 0.3) is 5.91 Å². The lowest BCUT2D eigenvalue weighted by Crippen LogP contribution is -2.36. The minimum absolute atomic E-state index is 0.0156. The van der Waals surface area contributed by atoms with E-state index in [1.165, 1.54) is 40.7 Å². The molecular weight excluding hydrogens is 401 g/mol. The Labute approximate surface area is 168 Å².